The lowest BCUT2D eigenvalue weighted by Gasteiger charge is -2.07. The first-order valence-electron chi connectivity index (χ1n) is 6.49. The quantitative estimate of drug-likeness (QED) is 0.822. The van der Waals surface area contributed by atoms with Crippen LogP contribution in [-0.4, -0.2) is 18.8 Å². The number of hydrogen-bond acceptors (Lipinski definition) is 3. The summed E-state index contributed by atoms with van der Waals surface area (Å²) < 4.78 is 5.04. The Morgan fingerprint density at radius 2 is 1.79 bits per heavy atom. The van der Waals surface area contributed by atoms with Crippen molar-refractivity contribution in [3.63, 3.8) is 0 Å². The Bertz CT molecular complexity index is 424. The largest absolute Gasteiger partial charge is 0.497 e. The van der Waals surface area contributed by atoms with Crippen LogP contribution in [0.15, 0.2) is 24.3 Å². The van der Waals surface area contributed by atoms with Crippen LogP contribution in [0.3, 0.4) is 0 Å². The van der Waals surface area contributed by atoms with Crippen LogP contribution in [-0.2, 0) is 9.59 Å². The van der Waals surface area contributed by atoms with Gasteiger partial charge in [0.2, 0.25) is 5.91 Å². The number of anilines is 1. The zero-order valence-corrected chi connectivity index (χ0v) is 11.7. The van der Waals surface area contributed by atoms with Crippen LogP contribution in [0, 0.1) is 5.92 Å². The first kappa shape index (κ1) is 15.2. The van der Waals surface area contributed by atoms with Crippen molar-refractivity contribution in [2.45, 2.75) is 33.1 Å². The molecule has 0 aliphatic carbocycles. The van der Waals surface area contributed by atoms with E-state index in [2.05, 4.69) is 5.32 Å². The molecule has 0 bridgehead atoms. The molecular weight excluding hydrogens is 242 g/mol. The third kappa shape index (κ3) is 5.55. The maximum Gasteiger partial charge on any atom is 0.224 e. The standard InChI is InChI=1S/C15H21NO3/c1-11(2)14(17)5-4-6-15(18)16-12-7-9-13(19-3)10-8-12/h7-11H,4-6H2,1-3H3,(H,16,18). The summed E-state index contributed by atoms with van der Waals surface area (Å²) in [7, 11) is 1.60. The monoisotopic (exact) mass is 263 g/mol. The number of carbonyl (C=O) groups excluding carboxylic acids is 2. The lowest BCUT2D eigenvalue weighted by molar-refractivity contribution is -0.122. The van der Waals surface area contributed by atoms with Crippen LogP contribution in [0.4, 0.5) is 5.69 Å². The summed E-state index contributed by atoms with van der Waals surface area (Å²) in [6, 6.07) is 7.15. The van der Waals surface area contributed by atoms with Crippen LogP contribution in [0.5, 0.6) is 5.75 Å². The van der Waals surface area contributed by atoms with Crippen LogP contribution in [0.1, 0.15) is 33.1 Å². The Morgan fingerprint density at radius 3 is 2.32 bits per heavy atom. The molecule has 4 heteroatoms. The zero-order valence-electron chi connectivity index (χ0n) is 11.7. The van der Waals surface area contributed by atoms with Crippen LogP contribution >= 0.6 is 0 Å². The van der Waals surface area contributed by atoms with Crippen molar-refractivity contribution in [1.82, 2.24) is 0 Å². The minimum Gasteiger partial charge on any atom is -0.497 e. The second kappa shape index (κ2) is 7.56. The molecule has 1 aromatic rings. The van der Waals surface area contributed by atoms with Gasteiger partial charge in [-0.2, -0.15) is 0 Å². The molecule has 0 atom stereocenters. The second-order valence-electron chi connectivity index (χ2n) is 4.75. The molecule has 1 aromatic carbocycles. The molecule has 0 heterocycles. The molecule has 0 aliphatic rings. The molecule has 1 rings (SSSR count). The van der Waals surface area contributed by atoms with Crippen molar-refractivity contribution in [1.29, 1.82) is 0 Å². The smallest absolute Gasteiger partial charge is 0.224 e. The van der Waals surface area contributed by atoms with Crippen molar-refractivity contribution in [3.05, 3.63) is 24.3 Å². The fraction of sp³-hybridized carbons (Fsp3) is 0.467. The van der Waals surface area contributed by atoms with Gasteiger partial charge in [0, 0.05) is 24.4 Å². The van der Waals surface area contributed by atoms with E-state index in [1.807, 2.05) is 13.8 Å². The van der Waals surface area contributed by atoms with Gasteiger partial charge in [0.15, 0.2) is 0 Å². The molecule has 0 spiro atoms. The van der Waals surface area contributed by atoms with Crippen LogP contribution < -0.4 is 10.1 Å². The van der Waals surface area contributed by atoms with E-state index in [1.165, 1.54) is 0 Å². The molecule has 4 nitrogen and oxygen atoms in total. The summed E-state index contributed by atoms with van der Waals surface area (Å²) in [6.07, 6.45) is 1.43. The third-order valence-electron chi connectivity index (χ3n) is 2.84. The summed E-state index contributed by atoms with van der Waals surface area (Å²) in [5.74, 6) is 0.934. The molecule has 1 N–H and O–H groups in total. The van der Waals surface area contributed by atoms with Gasteiger partial charge in [-0.3, -0.25) is 9.59 Å². The van der Waals surface area contributed by atoms with E-state index < -0.39 is 0 Å². The number of ketones is 1. The fourth-order valence-electron chi connectivity index (χ4n) is 1.61. The molecule has 104 valence electrons. The van der Waals surface area contributed by atoms with Crippen molar-refractivity contribution in [3.8, 4) is 5.75 Å². The highest BCUT2D eigenvalue weighted by molar-refractivity contribution is 5.91. The van der Waals surface area contributed by atoms with Gasteiger partial charge in [0.25, 0.3) is 0 Å². The van der Waals surface area contributed by atoms with E-state index in [0.717, 1.165) is 11.4 Å². The summed E-state index contributed by atoms with van der Waals surface area (Å²) in [6.45, 7) is 3.75. The molecule has 19 heavy (non-hydrogen) atoms. The van der Waals surface area contributed by atoms with Gasteiger partial charge < -0.3 is 10.1 Å². The first-order chi connectivity index (χ1) is 9.02. The highest BCUT2D eigenvalue weighted by Gasteiger charge is 2.08. The van der Waals surface area contributed by atoms with Gasteiger partial charge in [0.05, 0.1) is 7.11 Å². The van der Waals surface area contributed by atoms with E-state index >= 15 is 0 Å². The van der Waals surface area contributed by atoms with Gasteiger partial charge in [-0.15, -0.1) is 0 Å². The highest BCUT2D eigenvalue weighted by Crippen LogP contribution is 2.15. The Kier molecular flexibility index (Phi) is 6.06. The molecule has 0 aliphatic heterocycles. The van der Waals surface area contributed by atoms with Gasteiger partial charge >= 0.3 is 0 Å². The molecule has 0 radical (unpaired) electrons. The Labute approximate surface area is 114 Å². The zero-order chi connectivity index (χ0) is 14.3. The van der Waals surface area contributed by atoms with E-state index in [4.69, 9.17) is 4.74 Å². The summed E-state index contributed by atoms with van der Waals surface area (Å²) in [5.41, 5.74) is 0.737. The van der Waals surface area contributed by atoms with Crippen molar-refractivity contribution in [2.24, 2.45) is 5.92 Å². The second-order valence-corrected chi connectivity index (χ2v) is 4.75. The number of methoxy groups -OCH3 is 1. The molecule has 1 amide bonds. The number of ether oxygens (including phenoxy) is 1. The van der Waals surface area contributed by atoms with Gasteiger partial charge in [0.1, 0.15) is 11.5 Å². The lowest BCUT2D eigenvalue weighted by Crippen LogP contribution is -2.13. The highest BCUT2D eigenvalue weighted by atomic mass is 16.5. The molecule has 0 fully saturated rings. The number of Topliss-reactive ketones (excluding diaryl/α,β-unsaturated/α-hetero) is 1. The minimum atomic E-state index is -0.0678. The fourth-order valence-corrected chi connectivity index (χ4v) is 1.61. The Hall–Kier alpha value is -1.84. The first-order valence-corrected chi connectivity index (χ1v) is 6.49. The number of benzene rings is 1. The number of amides is 1. The predicted octanol–water partition coefficient (Wildman–Crippen LogP) is 3.03. The molecular formula is C15H21NO3. The van der Waals surface area contributed by atoms with Crippen molar-refractivity contribution < 1.29 is 14.3 Å². The van der Waals surface area contributed by atoms with E-state index in [-0.39, 0.29) is 17.6 Å². The molecule has 0 aromatic heterocycles. The van der Waals surface area contributed by atoms with Crippen molar-refractivity contribution >= 4 is 17.4 Å². The van der Waals surface area contributed by atoms with E-state index in [0.29, 0.717) is 19.3 Å². The van der Waals surface area contributed by atoms with E-state index in [1.54, 1.807) is 31.4 Å². The molecule has 0 unspecified atom stereocenters. The third-order valence-corrected chi connectivity index (χ3v) is 2.84. The normalized spacial score (nSPS) is 10.3. The Balaban J connectivity index is 2.32. The lowest BCUT2D eigenvalue weighted by atomic mass is 10.0. The SMILES string of the molecule is COc1ccc(NC(=O)CCCC(=O)C(C)C)cc1. The average molecular weight is 263 g/mol. The van der Waals surface area contributed by atoms with Gasteiger partial charge in [-0.25, -0.2) is 0 Å². The topological polar surface area (TPSA) is 55.4 Å². The predicted molar refractivity (Wildman–Crippen MR) is 75.3 cm³/mol. The number of nitrogens with one attached hydrogen (secondary N) is 1. The summed E-state index contributed by atoms with van der Waals surface area (Å²) in [5, 5.41) is 2.79. The maximum absolute atomic E-state index is 11.7. The number of hydrogen-bond donors (Lipinski definition) is 1. The minimum absolute atomic E-state index is 0.0460. The number of rotatable bonds is 7. The van der Waals surface area contributed by atoms with Crippen molar-refractivity contribution in [2.75, 3.05) is 12.4 Å². The van der Waals surface area contributed by atoms with Crippen LogP contribution in [0.25, 0.3) is 0 Å². The van der Waals surface area contributed by atoms with E-state index in [9.17, 15) is 9.59 Å². The molecule has 0 saturated carbocycles. The average Bonchev–Trinajstić information content (AvgIpc) is 2.39. The van der Waals surface area contributed by atoms with Gasteiger partial charge in [-0.05, 0) is 30.7 Å². The van der Waals surface area contributed by atoms with Crippen LogP contribution in [0.2, 0.25) is 0 Å². The van der Waals surface area contributed by atoms with Gasteiger partial charge in [-0.1, -0.05) is 13.8 Å². The Morgan fingerprint density at radius 1 is 1.16 bits per heavy atom. The summed E-state index contributed by atoms with van der Waals surface area (Å²) in [4.78, 5) is 23.1. The number of carbonyl (C=O) groups is 2. The maximum atomic E-state index is 11.7. The summed E-state index contributed by atoms with van der Waals surface area (Å²) >= 11 is 0. The molecule has 0 saturated heterocycles.